The second-order valence-corrected chi connectivity index (χ2v) is 4.17. The molecule has 1 atom stereocenters. The van der Waals surface area contributed by atoms with Crippen molar-refractivity contribution < 1.29 is 19.7 Å². The predicted octanol–water partition coefficient (Wildman–Crippen LogP) is 2.06. The van der Waals surface area contributed by atoms with Crippen LogP contribution in [0.5, 0.6) is 5.75 Å². The molecule has 0 saturated heterocycles. The molecule has 88 valence electrons. The SMILES string of the molecule is CCOC(=O)C(O)c1cc(Br)c(C)cc1O. The summed E-state index contributed by atoms with van der Waals surface area (Å²) in [5.41, 5.74) is 0.952. The van der Waals surface area contributed by atoms with E-state index in [0.29, 0.717) is 4.47 Å². The molecule has 0 bridgehead atoms. The Bertz CT molecular complexity index is 403. The molecule has 0 heterocycles. The lowest BCUT2D eigenvalue weighted by molar-refractivity contribution is -0.153. The number of halogens is 1. The van der Waals surface area contributed by atoms with E-state index >= 15 is 0 Å². The van der Waals surface area contributed by atoms with E-state index < -0.39 is 12.1 Å². The Balaban J connectivity index is 3.04. The molecule has 1 aromatic rings. The Morgan fingerprint density at radius 3 is 2.75 bits per heavy atom. The molecule has 0 aliphatic rings. The minimum Gasteiger partial charge on any atom is -0.508 e. The second kappa shape index (κ2) is 5.32. The van der Waals surface area contributed by atoms with Gasteiger partial charge in [-0.1, -0.05) is 15.9 Å². The van der Waals surface area contributed by atoms with Crippen LogP contribution in [0.25, 0.3) is 0 Å². The van der Waals surface area contributed by atoms with Crippen LogP contribution >= 0.6 is 15.9 Å². The lowest BCUT2D eigenvalue weighted by Gasteiger charge is -2.12. The van der Waals surface area contributed by atoms with Crippen molar-refractivity contribution in [2.45, 2.75) is 20.0 Å². The van der Waals surface area contributed by atoms with Crippen molar-refractivity contribution in [1.82, 2.24) is 0 Å². The zero-order chi connectivity index (χ0) is 12.3. The van der Waals surface area contributed by atoms with E-state index in [0.717, 1.165) is 5.56 Å². The van der Waals surface area contributed by atoms with Crippen molar-refractivity contribution in [1.29, 1.82) is 0 Å². The van der Waals surface area contributed by atoms with Gasteiger partial charge in [-0.2, -0.15) is 0 Å². The van der Waals surface area contributed by atoms with Crippen LogP contribution in [0.2, 0.25) is 0 Å². The molecule has 4 nitrogen and oxygen atoms in total. The lowest BCUT2D eigenvalue weighted by Crippen LogP contribution is -2.15. The average Bonchev–Trinajstić information content (AvgIpc) is 2.23. The van der Waals surface area contributed by atoms with Crippen LogP contribution in [0, 0.1) is 6.92 Å². The summed E-state index contributed by atoms with van der Waals surface area (Å²) in [6.45, 7) is 3.63. The highest BCUT2D eigenvalue weighted by molar-refractivity contribution is 9.10. The van der Waals surface area contributed by atoms with Crippen LogP contribution in [-0.2, 0) is 9.53 Å². The Labute approximate surface area is 102 Å². The predicted molar refractivity (Wildman–Crippen MR) is 62.1 cm³/mol. The van der Waals surface area contributed by atoms with Crippen LogP contribution < -0.4 is 0 Å². The molecule has 1 rings (SSSR count). The van der Waals surface area contributed by atoms with Crippen LogP contribution in [0.4, 0.5) is 0 Å². The van der Waals surface area contributed by atoms with Crippen molar-refractivity contribution in [3.05, 3.63) is 27.7 Å². The van der Waals surface area contributed by atoms with Crippen LogP contribution in [0.1, 0.15) is 24.2 Å². The number of aliphatic hydroxyl groups is 1. The summed E-state index contributed by atoms with van der Waals surface area (Å²) in [4.78, 5) is 11.3. The molecule has 0 aromatic heterocycles. The summed E-state index contributed by atoms with van der Waals surface area (Å²) in [6.07, 6.45) is -1.46. The molecule has 5 heteroatoms. The average molecular weight is 289 g/mol. The molecule has 1 aromatic carbocycles. The van der Waals surface area contributed by atoms with Gasteiger partial charge in [-0.3, -0.25) is 0 Å². The number of hydrogen-bond donors (Lipinski definition) is 2. The first-order valence-corrected chi connectivity index (χ1v) is 5.60. The molecule has 0 fully saturated rings. The number of aromatic hydroxyl groups is 1. The molecule has 0 amide bonds. The highest BCUT2D eigenvalue weighted by atomic mass is 79.9. The molecule has 0 radical (unpaired) electrons. The van der Waals surface area contributed by atoms with E-state index in [1.165, 1.54) is 12.1 Å². The van der Waals surface area contributed by atoms with Gasteiger partial charge in [0.2, 0.25) is 0 Å². The topological polar surface area (TPSA) is 66.8 Å². The number of rotatable bonds is 3. The standard InChI is InChI=1S/C11H13BrO4/c1-3-16-11(15)10(14)7-5-8(12)6(2)4-9(7)13/h4-5,10,13-14H,3H2,1-2H3. The van der Waals surface area contributed by atoms with Crippen LogP contribution in [0.3, 0.4) is 0 Å². The normalized spacial score (nSPS) is 12.2. The van der Waals surface area contributed by atoms with Crippen LogP contribution in [0.15, 0.2) is 16.6 Å². The highest BCUT2D eigenvalue weighted by Gasteiger charge is 2.22. The Hall–Kier alpha value is -1.07. The molecular formula is C11H13BrO4. The first-order chi connectivity index (χ1) is 7.47. The minimum atomic E-state index is -1.46. The lowest BCUT2D eigenvalue weighted by atomic mass is 10.1. The monoisotopic (exact) mass is 288 g/mol. The number of carbonyl (C=O) groups excluding carboxylic acids is 1. The van der Waals surface area contributed by atoms with Gasteiger partial charge < -0.3 is 14.9 Å². The van der Waals surface area contributed by atoms with E-state index in [1.54, 1.807) is 13.8 Å². The van der Waals surface area contributed by atoms with E-state index in [1.807, 2.05) is 0 Å². The molecule has 1 unspecified atom stereocenters. The molecular weight excluding hydrogens is 276 g/mol. The zero-order valence-electron chi connectivity index (χ0n) is 9.03. The van der Waals surface area contributed by atoms with Crippen molar-refractivity contribution >= 4 is 21.9 Å². The number of phenolic OH excluding ortho intramolecular Hbond substituents is 1. The molecule has 16 heavy (non-hydrogen) atoms. The van der Waals surface area contributed by atoms with E-state index in [2.05, 4.69) is 20.7 Å². The van der Waals surface area contributed by atoms with Gasteiger partial charge in [0.15, 0.2) is 6.10 Å². The number of phenols is 1. The molecule has 0 saturated carbocycles. The van der Waals surface area contributed by atoms with Gasteiger partial charge in [-0.05, 0) is 31.5 Å². The fourth-order valence-corrected chi connectivity index (χ4v) is 1.61. The van der Waals surface area contributed by atoms with Gasteiger partial charge in [0.05, 0.1) is 6.61 Å². The van der Waals surface area contributed by atoms with Gasteiger partial charge in [0.25, 0.3) is 0 Å². The molecule has 0 spiro atoms. The third-order valence-electron chi connectivity index (χ3n) is 2.11. The largest absolute Gasteiger partial charge is 0.508 e. The summed E-state index contributed by atoms with van der Waals surface area (Å²) in [5.74, 6) is -0.894. The number of carbonyl (C=O) groups is 1. The van der Waals surface area contributed by atoms with Crippen molar-refractivity contribution in [2.24, 2.45) is 0 Å². The number of benzene rings is 1. The van der Waals surface area contributed by atoms with Gasteiger partial charge in [-0.25, -0.2) is 4.79 Å². The first-order valence-electron chi connectivity index (χ1n) is 4.81. The smallest absolute Gasteiger partial charge is 0.339 e. The van der Waals surface area contributed by atoms with E-state index in [4.69, 9.17) is 0 Å². The Morgan fingerprint density at radius 1 is 1.56 bits per heavy atom. The number of esters is 1. The molecule has 2 N–H and O–H groups in total. The van der Waals surface area contributed by atoms with Crippen molar-refractivity contribution in [3.8, 4) is 5.75 Å². The summed E-state index contributed by atoms with van der Waals surface area (Å²) in [5, 5.41) is 19.3. The summed E-state index contributed by atoms with van der Waals surface area (Å²) >= 11 is 3.26. The quantitative estimate of drug-likeness (QED) is 0.836. The first kappa shape index (κ1) is 13.0. The van der Waals surface area contributed by atoms with E-state index in [-0.39, 0.29) is 17.9 Å². The number of ether oxygens (including phenoxy) is 1. The number of aliphatic hydroxyl groups excluding tert-OH is 1. The van der Waals surface area contributed by atoms with Gasteiger partial charge in [0, 0.05) is 10.0 Å². The third-order valence-corrected chi connectivity index (χ3v) is 2.97. The van der Waals surface area contributed by atoms with Crippen molar-refractivity contribution in [2.75, 3.05) is 6.61 Å². The second-order valence-electron chi connectivity index (χ2n) is 3.31. The maximum atomic E-state index is 11.3. The summed E-state index contributed by atoms with van der Waals surface area (Å²) in [7, 11) is 0. The fraction of sp³-hybridized carbons (Fsp3) is 0.364. The highest BCUT2D eigenvalue weighted by Crippen LogP contribution is 2.30. The zero-order valence-corrected chi connectivity index (χ0v) is 10.6. The number of aryl methyl sites for hydroxylation is 1. The minimum absolute atomic E-state index is 0.124. The van der Waals surface area contributed by atoms with Crippen molar-refractivity contribution in [3.63, 3.8) is 0 Å². The van der Waals surface area contributed by atoms with Gasteiger partial charge >= 0.3 is 5.97 Å². The summed E-state index contributed by atoms with van der Waals surface area (Å²) in [6, 6.07) is 2.98. The third kappa shape index (κ3) is 2.74. The molecule has 0 aliphatic heterocycles. The molecule has 0 aliphatic carbocycles. The Kier molecular flexibility index (Phi) is 4.32. The van der Waals surface area contributed by atoms with E-state index in [9.17, 15) is 15.0 Å². The maximum Gasteiger partial charge on any atom is 0.339 e. The fourth-order valence-electron chi connectivity index (χ4n) is 1.25. The van der Waals surface area contributed by atoms with Gasteiger partial charge in [-0.15, -0.1) is 0 Å². The number of hydrogen-bond acceptors (Lipinski definition) is 4. The Morgan fingerprint density at radius 2 is 2.19 bits per heavy atom. The summed E-state index contributed by atoms with van der Waals surface area (Å²) < 4.78 is 5.38. The van der Waals surface area contributed by atoms with Gasteiger partial charge in [0.1, 0.15) is 5.75 Å². The maximum absolute atomic E-state index is 11.3. The van der Waals surface area contributed by atoms with Crippen LogP contribution in [-0.4, -0.2) is 22.8 Å².